The molecule has 1 unspecified atom stereocenters. The molecule has 5 nitrogen and oxygen atoms in total. The molecule has 1 N–H and O–H groups in total. The number of amides is 2. The molecule has 29 heavy (non-hydrogen) atoms. The maximum absolute atomic E-state index is 13.1. The lowest BCUT2D eigenvalue weighted by atomic mass is 10.1. The molecule has 1 atom stereocenters. The van der Waals surface area contributed by atoms with Crippen LogP contribution in [0.25, 0.3) is 0 Å². The number of carbonyl (C=O) groups excluding carboxylic acids is 2. The Hall–Kier alpha value is -3.78. The zero-order chi connectivity index (χ0) is 20.5. The smallest absolute Gasteiger partial charge is 0.299 e. The minimum Gasteiger partial charge on any atom is -0.467 e. The van der Waals surface area contributed by atoms with E-state index in [9.17, 15) is 9.59 Å². The number of hydrogen-bond acceptors (Lipinski definition) is 3. The second-order valence-electron chi connectivity index (χ2n) is 6.42. The van der Waals surface area contributed by atoms with Gasteiger partial charge in [0, 0.05) is 13.1 Å². The molecule has 0 bridgehead atoms. The highest BCUT2D eigenvalue weighted by atomic mass is 16.3. The van der Waals surface area contributed by atoms with Crippen LogP contribution >= 0.6 is 0 Å². The monoisotopic (exact) mass is 386 g/mol. The minimum absolute atomic E-state index is 0.235. The molecule has 3 aromatic rings. The van der Waals surface area contributed by atoms with Gasteiger partial charge < -0.3 is 14.6 Å². The molecule has 1 aromatic heterocycles. The molecular weight excluding hydrogens is 364 g/mol. The van der Waals surface area contributed by atoms with Crippen LogP contribution in [0.1, 0.15) is 29.9 Å². The predicted molar refractivity (Wildman–Crippen MR) is 110 cm³/mol. The third-order valence-corrected chi connectivity index (χ3v) is 4.37. The number of benzene rings is 2. The Kier molecular flexibility index (Phi) is 6.85. The molecule has 0 saturated carbocycles. The van der Waals surface area contributed by atoms with Crippen LogP contribution in [0.15, 0.2) is 83.5 Å². The number of nitrogens with one attached hydrogen (secondary N) is 1. The van der Waals surface area contributed by atoms with E-state index in [0.29, 0.717) is 12.3 Å². The zero-order valence-electron chi connectivity index (χ0n) is 16.2. The highest BCUT2D eigenvalue weighted by Crippen LogP contribution is 2.24. The fourth-order valence-electron chi connectivity index (χ4n) is 2.99. The molecule has 0 fully saturated rings. The van der Waals surface area contributed by atoms with Crippen molar-refractivity contribution in [1.82, 2.24) is 10.2 Å². The van der Waals surface area contributed by atoms with Gasteiger partial charge in [0.2, 0.25) is 0 Å². The molecule has 2 aromatic carbocycles. The van der Waals surface area contributed by atoms with Gasteiger partial charge in [0.15, 0.2) is 6.04 Å². The summed E-state index contributed by atoms with van der Waals surface area (Å²) in [5.74, 6) is 4.80. The van der Waals surface area contributed by atoms with Crippen LogP contribution in [0.2, 0.25) is 0 Å². The molecule has 5 heteroatoms. The number of carbonyl (C=O) groups is 2. The molecule has 0 aliphatic carbocycles. The van der Waals surface area contributed by atoms with E-state index in [0.717, 1.165) is 11.1 Å². The van der Waals surface area contributed by atoms with E-state index >= 15 is 0 Å². The van der Waals surface area contributed by atoms with Crippen LogP contribution in [0.3, 0.4) is 0 Å². The largest absolute Gasteiger partial charge is 0.467 e. The van der Waals surface area contributed by atoms with E-state index in [1.165, 1.54) is 11.2 Å². The second-order valence-corrected chi connectivity index (χ2v) is 6.42. The summed E-state index contributed by atoms with van der Waals surface area (Å²) < 4.78 is 5.51. The Balaban J connectivity index is 1.89. The van der Waals surface area contributed by atoms with Gasteiger partial charge in [0.1, 0.15) is 5.76 Å². The van der Waals surface area contributed by atoms with E-state index in [1.807, 2.05) is 60.7 Å². The van der Waals surface area contributed by atoms with Crippen LogP contribution < -0.4 is 5.32 Å². The van der Waals surface area contributed by atoms with E-state index in [-0.39, 0.29) is 12.5 Å². The molecule has 0 radical (unpaired) electrons. The summed E-state index contributed by atoms with van der Waals surface area (Å²) in [7, 11) is 0. The second kappa shape index (κ2) is 9.95. The van der Waals surface area contributed by atoms with E-state index < -0.39 is 11.9 Å². The van der Waals surface area contributed by atoms with Crippen LogP contribution in [-0.2, 0) is 22.7 Å². The van der Waals surface area contributed by atoms with Crippen LogP contribution in [0.5, 0.6) is 0 Å². The average molecular weight is 386 g/mol. The lowest BCUT2D eigenvalue weighted by molar-refractivity contribution is -0.138. The summed E-state index contributed by atoms with van der Waals surface area (Å²) in [6, 6.07) is 21.5. The topological polar surface area (TPSA) is 62.6 Å². The quantitative estimate of drug-likeness (QED) is 0.630. The van der Waals surface area contributed by atoms with Gasteiger partial charge in [-0.3, -0.25) is 9.59 Å². The van der Waals surface area contributed by atoms with E-state index in [2.05, 4.69) is 17.2 Å². The van der Waals surface area contributed by atoms with Crippen molar-refractivity contribution < 1.29 is 14.0 Å². The first kappa shape index (κ1) is 20.0. The van der Waals surface area contributed by atoms with Gasteiger partial charge in [-0.1, -0.05) is 66.6 Å². The molecule has 2 amide bonds. The average Bonchev–Trinajstić information content (AvgIpc) is 3.28. The first-order valence-corrected chi connectivity index (χ1v) is 9.31. The third kappa shape index (κ3) is 5.36. The van der Waals surface area contributed by atoms with Gasteiger partial charge >= 0.3 is 0 Å². The molecule has 3 rings (SSSR count). The summed E-state index contributed by atoms with van der Waals surface area (Å²) in [4.78, 5) is 27.4. The van der Waals surface area contributed by atoms with Crippen LogP contribution in [0.4, 0.5) is 0 Å². The van der Waals surface area contributed by atoms with Gasteiger partial charge in [-0.25, -0.2) is 0 Å². The Labute approximate surface area is 170 Å². The van der Waals surface area contributed by atoms with Crippen molar-refractivity contribution in [2.45, 2.75) is 26.1 Å². The van der Waals surface area contributed by atoms with Gasteiger partial charge in [0.05, 0.1) is 6.26 Å². The molecule has 0 saturated heterocycles. The fourth-order valence-corrected chi connectivity index (χ4v) is 2.99. The molecule has 0 aliphatic heterocycles. The van der Waals surface area contributed by atoms with Crippen LogP contribution in [0, 0.1) is 11.8 Å². The van der Waals surface area contributed by atoms with Gasteiger partial charge in [-0.05, 0) is 36.1 Å². The van der Waals surface area contributed by atoms with Crippen LogP contribution in [-0.4, -0.2) is 16.7 Å². The molecule has 0 spiro atoms. The number of nitrogens with zero attached hydrogens (tertiary/aromatic N) is 1. The van der Waals surface area contributed by atoms with Crippen molar-refractivity contribution in [2.75, 3.05) is 0 Å². The Morgan fingerprint density at radius 2 is 1.62 bits per heavy atom. The zero-order valence-corrected chi connectivity index (χ0v) is 16.2. The first-order valence-electron chi connectivity index (χ1n) is 9.31. The third-order valence-electron chi connectivity index (χ3n) is 4.37. The van der Waals surface area contributed by atoms with E-state index in [4.69, 9.17) is 4.42 Å². The Bertz CT molecular complexity index is 987. The first-order chi connectivity index (χ1) is 14.2. The highest BCUT2D eigenvalue weighted by molar-refractivity contribution is 5.97. The Morgan fingerprint density at radius 3 is 2.21 bits per heavy atom. The predicted octanol–water partition coefficient (Wildman–Crippen LogP) is 3.69. The summed E-state index contributed by atoms with van der Waals surface area (Å²) in [6.07, 6.45) is 1.49. The van der Waals surface area contributed by atoms with Crippen molar-refractivity contribution in [3.05, 3.63) is 95.9 Å². The molecule has 146 valence electrons. The maximum Gasteiger partial charge on any atom is 0.299 e. The van der Waals surface area contributed by atoms with Crippen molar-refractivity contribution in [3.8, 4) is 11.8 Å². The number of hydrogen-bond donors (Lipinski definition) is 1. The lowest BCUT2D eigenvalue weighted by Gasteiger charge is -2.28. The summed E-state index contributed by atoms with van der Waals surface area (Å²) in [5.41, 5.74) is 1.86. The minimum atomic E-state index is -0.928. The van der Waals surface area contributed by atoms with E-state index in [1.54, 1.807) is 19.1 Å². The highest BCUT2D eigenvalue weighted by Gasteiger charge is 2.33. The Morgan fingerprint density at radius 1 is 0.966 bits per heavy atom. The fraction of sp³-hybridized carbons (Fsp3) is 0.167. The summed E-state index contributed by atoms with van der Waals surface area (Å²) in [5, 5.41) is 2.91. The summed E-state index contributed by atoms with van der Waals surface area (Å²) in [6.45, 7) is 2.18. The lowest BCUT2D eigenvalue weighted by Crippen LogP contribution is -2.42. The van der Waals surface area contributed by atoms with Crippen molar-refractivity contribution >= 4 is 11.8 Å². The van der Waals surface area contributed by atoms with Crippen molar-refractivity contribution in [2.24, 2.45) is 0 Å². The maximum atomic E-state index is 13.1. The molecular formula is C24H22N2O3. The SMILES string of the molecule is CC#CC(=O)N(Cc1ccccc1)C(C(=O)NCc1ccccc1)c1ccco1. The van der Waals surface area contributed by atoms with Gasteiger partial charge in [-0.15, -0.1) is 0 Å². The van der Waals surface area contributed by atoms with Crippen molar-refractivity contribution in [3.63, 3.8) is 0 Å². The van der Waals surface area contributed by atoms with Crippen molar-refractivity contribution in [1.29, 1.82) is 0 Å². The molecule has 0 aliphatic rings. The molecule has 1 heterocycles. The number of furan rings is 1. The number of rotatable bonds is 7. The van der Waals surface area contributed by atoms with Gasteiger partial charge in [-0.2, -0.15) is 0 Å². The van der Waals surface area contributed by atoms with Gasteiger partial charge in [0.25, 0.3) is 11.8 Å². The normalized spacial score (nSPS) is 11.1. The summed E-state index contributed by atoms with van der Waals surface area (Å²) >= 11 is 0. The standard InChI is InChI=1S/C24H22N2O3/c1-2-10-22(27)26(18-20-13-7-4-8-14-20)23(21-15-9-16-29-21)24(28)25-17-19-11-5-3-6-12-19/h3-9,11-16,23H,17-18H2,1H3,(H,25,28).